The fourth-order valence-corrected chi connectivity index (χ4v) is 5.34. The molecule has 2 heterocycles. The molecule has 2 aromatic carbocycles. The lowest BCUT2D eigenvalue weighted by Gasteiger charge is -2.25. The van der Waals surface area contributed by atoms with Crippen LogP contribution in [0.25, 0.3) is 11.1 Å². The molecule has 8 heteroatoms. The van der Waals surface area contributed by atoms with Gasteiger partial charge in [-0.05, 0) is 41.0 Å². The summed E-state index contributed by atoms with van der Waals surface area (Å²) in [5, 5.41) is 8.92. The molecule has 28 heavy (non-hydrogen) atoms. The van der Waals surface area contributed by atoms with Gasteiger partial charge in [0.1, 0.15) is 0 Å². The van der Waals surface area contributed by atoms with Gasteiger partial charge in [-0.3, -0.25) is 19.3 Å². The van der Waals surface area contributed by atoms with Gasteiger partial charge in [0.25, 0.3) is 10.0 Å². The first-order valence-corrected chi connectivity index (χ1v) is 10.0. The van der Waals surface area contributed by atoms with Crippen LogP contribution in [0, 0.1) is 0 Å². The van der Waals surface area contributed by atoms with E-state index < -0.39 is 22.0 Å². The molecule has 0 radical (unpaired) electrons. The zero-order valence-corrected chi connectivity index (χ0v) is 15.5. The lowest BCUT2D eigenvalue weighted by molar-refractivity contribution is -0.129. The highest BCUT2D eigenvalue weighted by atomic mass is 32.2. The van der Waals surface area contributed by atoms with Crippen molar-refractivity contribution in [3.63, 3.8) is 0 Å². The van der Waals surface area contributed by atoms with Crippen molar-refractivity contribution in [2.45, 2.75) is 17.4 Å². The van der Waals surface area contributed by atoms with Crippen molar-refractivity contribution in [1.82, 2.24) is 10.5 Å². The zero-order valence-electron chi connectivity index (χ0n) is 14.7. The summed E-state index contributed by atoms with van der Waals surface area (Å²) < 4.78 is 27.5. The molecule has 0 aliphatic carbocycles. The lowest BCUT2D eigenvalue weighted by Crippen LogP contribution is -2.32. The Morgan fingerprint density at radius 2 is 1.79 bits per heavy atom. The van der Waals surface area contributed by atoms with Crippen LogP contribution in [0.1, 0.15) is 18.0 Å². The molecule has 3 aromatic rings. The van der Waals surface area contributed by atoms with E-state index >= 15 is 0 Å². The Hall–Kier alpha value is -3.23. The minimum Gasteiger partial charge on any atom is -0.289 e. The summed E-state index contributed by atoms with van der Waals surface area (Å²) in [6.45, 7) is 0. The van der Waals surface area contributed by atoms with E-state index in [9.17, 15) is 13.2 Å². The number of nitrogens with zero attached hydrogens (tertiary/aromatic N) is 2. The number of hydroxylamine groups is 1. The van der Waals surface area contributed by atoms with Crippen LogP contribution in [0.15, 0.2) is 78.0 Å². The number of nitrogens with one attached hydrogen (secondary N) is 1. The molecule has 1 aliphatic rings. The van der Waals surface area contributed by atoms with E-state index in [-0.39, 0.29) is 11.3 Å². The predicted molar refractivity (Wildman–Crippen MR) is 103 cm³/mol. The maximum absolute atomic E-state index is 13.1. The number of carbonyl (C=O) groups excluding carboxylic acids is 1. The maximum Gasteiger partial charge on any atom is 0.265 e. The minimum absolute atomic E-state index is 0.169. The van der Waals surface area contributed by atoms with E-state index in [1.807, 2.05) is 24.3 Å². The van der Waals surface area contributed by atoms with Gasteiger partial charge in [0, 0.05) is 12.4 Å². The molecule has 1 amide bonds. The normalized spacial score (nSPS) is 17.2. The third-order valence-electron chi connectivity index (χ3n) is 4.72. The van der Waals surface area contributed by atoms with Crippen LogP contribution in [0.4, 0.5) is 5.69 Å². The molecule has 1 atom stereocenters. The third kappa shape index (κ3) is 3.02. The third-order valence-corrected chi connectivity index (χ3v) is 6.63. The number of rotatable bonds is 4. The van der Waals surface area contributed by atoms with Gasteiger partial charge in [-0.15, -0.1) is 0 Å². The minimum atomic E-state index is -3.82. The smallest absolute Gasteiger partial charge is 0.265 e. The number of pyridine rings is 1. The van der Waals surface area contributed by atoms with E-state index in [2.05, 4.69) is 4.98 Å². The molecule has 142 valence electrons. The first-order chi connectivity index (χ1) is 13.5. The van der Waals surface area contributed by atoms with Crippen LogP contribution in [-0.4, -0.2) is 24.5 Å². The average Bonchev–Trinajstić information content (AvgIpc) is 2.95. The summed E-state index contributed by atoms with van der Waals surface area (Å²) in [4.78, 5) is 16.1. The number of hydrogen-bond donors (Lipinski definition) is 2. The lowest BCUT2D eigenvalue weighted by atomic mass is 10.0. The summed E-state index contributed by atoms with van der Waals surface area (Å²) in [6.07, 6.45) is 3.21. The SMILES string of the molecule is O=C(CC1c2ccccc2S(=O)(=O)N1c1ccc(-c2cccnc2)cc1)NO. The molecule has 2 N–H and O–H groups in total. The maximum atomic E-state index is 13.1. The van der Waals surface area contributed by atoms with E-state index in [1.165, 1.54) is 10.4 Å². The number of fused-ring (bicyclic) bond motifs is 1. The zero-order chi connectivity index (χ0) is 19.7. The Morgan fingerprint density at radius 1 is 1.04 bits per heavy atom. The van der Waals surface area contributed by atoms with Crippen molar-refractivity contribution in [1.29, 1.82) is 0 Å². The van der Waals surface area contributed by atoms with Crippen molar-refractivity contribution in [2.24, 2.45) is 0 Å². The number of hydrogen-bond acceptors (Lipinski definition) is 5. The van der Waals surface area contributed by atoms with Gasteiger partial charge in [0.05, 0.1) is 23.0 Å². The molecular formula is C20H17N3O4S. The van der Waals surface area contributed by atoms with Crippen LogP contribution in [0.5, 0.6) is 0 Å². The molecule has 0 bridgehead atoms. The first kappa shape index (κ1) is 18.1. The van der Waals surface area contributed by atoms with Crippen LogP contribution in [0.2, 0.25) is 0 Å². The Labute approximate surface area is 162 Å². The summed E-state index contributed by atoms with van der Waals surface area (Å²) in [5.41, 5.74) is 4.37. The molecule has 1 aromatic heterocycles. The highest BCUT2D eigenvalue weighted by Gasteiger charge is 2.43. The van der Waals surface area contributed by atoms with Gasteiger partial charge in [0.2, 0.25) is 5.91 Å². The van der Waals surface area contributed by atoms with E-state index in [0.29, 0.717) is 11.3 Å². The molecule has 0 spiro atoms. The van der Waals surface area contributed by atoms with Gasteiger partial charge in [-0.1, -0.05) is 36.4 Å². The largest absolute Gasteiger partial charge is 0.289 e. The number of aromatic nitrogens is 1. The van der Waals surface area contributed by atoms with E-state index in [0.717, 1.165) is 11.1 Å². The van der Waals surface area contributed by atoms with Gasteiger partial charge in [-0.25, -0.2) is 13.9 Å². The first-order valence-electron chi connectivity index (χ1n) is 8.59. The number of carbonyl (C=O) groups is 1. The Balaban J connectivity index is 1.77. The predicted octanol–water partition coefficient (Wildman–Crippen LogP) is 2.89. The highest BCUT2D eigenvalue weighted by Crippen LogP contribution is 2.44. The molecule has 0 fully saturated rings. The quantitative estimate of drug-likeness (QED) is 0.523. The Morgan fingerprint density at radius 3 is 2.46 bits per heavy atom. The van der Waals surface area contributed by atoms with Gasteiger partial charge in [-0.2, -0.15) is 0 Å². The number of sulfonamides is 1. The fourth-order valence-electron chi connectivity index (χ4n) is 3.46. The molecule has 4 rings (SSSR count). The van der Waals surface area contributed by atoms with E-state index in [1.54, 1.807) is 48.2 Å². The van der Waals surface area contributed by atoms with Gasteiger partial charge < -0.3 is 0 Å². The summed E-state index contributed by atoms with van der Waals surface area (Å²) >= 11 is 0. The van der Waals surface area contributed by atoms with Crippen molar-refractivity contribution >= 4 is 21.6 Å². The summed E-state index contributed by atoms with van der Waals surface area (Å²) in [6, 6.07) is 16.6. The number of anilines is 1. The Kier molecular flexibility index (Phi) is 4.58. The molecule has 1 aliphatic heterocycles. The second-order valence-corrected chi connectivity index (χ2v) is 8.17. The van der Waals surface area contributed by atoms with Gasteiger partial charge in [0.15, 0.2) is 0 Å². The van der Waals surface area contributed by atoms with E-state index in [4.69, 9.17) is 5.21 Å². The summed E-state index contributed by atoms with van der Waals surface area (Å²) in [7, 11) is -3.82. The Bertz CT molecular complexity index is 1120. The van der Waals surface area contributed by atoms with Crippen molar-refractivity contribution < 1.29 is 18.4 Å². The molecule has 0 saturated heterocycles. The second kappa shape index (κ2) is 7.06. The van der Waals surface area contributed by atoms with Crippen molar-refractivity contribution in [2.75, 3.05) is 4.31 Å². The fraction of sp³-hybridized carbons (Fsp3) is 0.100. The molecule has 0 saturated carbocycles. The monoisotopic (exact) mass is 395 g/mol. The average molecular weight is 395 g/mol. The number of amides is 1. The second-order valence-electron chi connectivity index (χ2n) is 6.38. The van der Waals surface area contributed by atoms with Crippen molar-refractivity contribution in [3.05, 3.63) is 78.6 Å². The van der Waals surface area contributed by atoms with Crippen LogP contribution >= 0.6 is 0 Å². The molecule has 7 nitrogen and oxygen atoms in total. The molecular weight excluding hydrogens is 378 g/mol. The highest BCUT2D eigenvalue weighted by molar-refractivity contribution is 7.93. The van der Waals surface area contributed by atoms with Crippen LogP contribution < -0.4 is 9.79 Å². The molecule has 1 unspecified atom stereocenters. The standard InChI is InChI=1S/C20H17N3O4S/c24-20(22-25)12-18-17-5-1-2-6-19(17)28(26,27)23(18)16-9-7-14(8-10-16)15-4-3-11-21-13-15/h1-11,13,18,25H,12H2,(H,22,24). The van der Waals surface area contributed by atoms with Crippen molar-refractivity contribution in [3.8, 4) is 11.1 Å². The van der Waals surface area contributed by atoms with Crippen LogP contribution in [-0.2, 0) is 14.8 Å². The van der Waals surface area contributed by atoms with Gasteiger partial charge >= 0.3 is 0 Å². The summed E-state index contributed by atoms with van der Waals surface area (Å²) in [5.74, 6) is -0.658. The number of benzene rings is 2. The topological polar surface area (TPSA) is 99.6 Å². The van der Waals surface area contributed by atoms with Crippen LogP contribution in [0.3, 0.4) is 0 Å².